The molecular formula is C9H10BrNO2. The molecule has 1 aromatic rings. The quantitative estimate of drug-likeness (QED) is 0.778. The molecule has 1 aromatic carbocycles. The Bertz CT molecular complexity index is 336. The number of nitrogens with two attached hydrogens (primary N) is 1. The highest BCUT2D eigenvalue weighted by Crippen LogP contribution is 2.27. The van der Waals surface area contributed by atoms with Gasteiger partial charge in [0.25, 0.3) is 0 Å². The summed E-state index contributed by atoms with van der Waals surface area (Å²) in [6.07, 6.45) is 0. The first-order valence-corrected chi connectivity index (χ1v) is 4.60. The molecule has 0 spiro atoms. The molecular weight excluding hydrogens is 234 g/mol. The van der Waals surface area contributed by atoms with Gasteiger partial charge in [-0.15, -0.1) is 0 Å². The first-order valence-electron chi connectivity index (χ1n) is 3.81. The van der Waals surface area contributed by atoms with Crippen LogP contribution >= 0.6 is 15.9 Å². The molecule has 3 N–H and O–H groups in total. The third-order valence-electron chi connectivity index (χ3n) is 1.66. The zero-order chi connectivity index (χ0) is 10.0. The Labute approximate surface area is 84.7 Å². The number of phenolic OH excluding ortho intramolecular Hbond substituents is 1. The second-order valence-corrected chi connectivity index (χ2v) is 3.58. The zero-order valence-electron chi connectivity index (χ0n) is 7.12. The normalized spacial score (nSPS) is 12.5. The Kier molecular flexibility index (Phi) is 3.06. The van der Waals surface area contributed by atoms with Crippen LogP contribution in [0.2, 0.25) is 0 Å². The summed E-state index contributed by atoms with van der Waals surface area (Å²) >= 11 is 3.12. The number of hydrogen-bond donors (Lipinski definition) is 2. The molecule has 0 heterocycles. The van der Waals surface area contributed by atoms with Gasteiger partial charge >= 0.3 is 0 Å². The zero-order valence-corrected chi connectivity index (χ0v) is 8.71. The van der Waals surface area contributed by atoms with Crippen LogP contribution in [0.1, 0.15) is 17.3 Å². The predicted molar refractivity (Wildman–Crippen MR) is 53.8 cm³/mol. The smallest absolute Gasteiger partial charge is 0.180 e. The van der Waals surface area contributed by atoms with Gasteiger partial charge < -0.3 is 10.8 Å². The summed E-state index contributed by atoms with van der Waals surface area (Å²) in [7, 11) is 0. The Hall–Kier alpha value is -0.870. The average molecular weight is 244 g/mol. The number of aromatic hydroxyl groups is 1. The predicted octanol–water partition coefficient (Wildman–Crippen LogP) is 1.68. The number of phenols is 1. The lowest BCUT2D eigenvalue weighted by Crippen LogP contribution is -2.26. The van der Waals surface area contributed by atoms with Gasteiger partial charge in [0.05, 0.1) is 10.5 Å². The Morgan fingerprint density at radius 3 is 2.77 bits per heavy atom. The van der Waals surface area contributed by atoms with Gasteiger partial charge in [0.2, 0.25) is 0 Å². The first-order chi connectivity index (χ1) is 6.04. The summed E-state index contributed by atoms with van der Waals surface area (Å²) < 4.78 is 0.400. The molecule has 1 rings (SSSR count). The van der Waals surface area contributed by atoms with E-state index in [1.807, 2.05) is 0 Å². The summed E-state index contributed by atoms with van der Waals surface area (Å²) in [4.78, 5) is 11.5. The maximum Gasteiger partial charge on any atom is 0.180 e. The van der Waals surface area contributed by atoms with Crippen LogP contribution in [0.4, 0.5) is 0 Å². The number of carbonyl (C=O) groups is 1. The minimum absolute atomic E-state index is 0.0477. The molecule has 0 aliphatic heterocycles. The Morgan fingerprint density at radius 2 is 2.23 bits per heavy atom. The van der Waals surface area contributed by atoms with Crippen LogP contribution in [0.15, 0.2) is 22.7 Å². The van der Waals surface area contributed by atoms with Gasteiger partial charge in [-0.2, -0.15) is 0 Å². The van der Waals surface area contributed by atoms with Crippen molar-refractivity contribution in [3.63, 3.8) is 0 Å². The van der Waals surface area contributed by atoms with Gasteiger partial charge in [0.15, 0.2) is 5.78 Å². The van der Waals surface area contributed by atoms with E-state index in [2.05, 4.69) is 15.9 Å². The van der Waals surface area contributed by atoms with E-state index in [4.69, 9.17) is 5.73 Å². The van der Waals surface area contributed by atoms with E-state index in [0.717, 1.165) is 0 Å². The van der Waals surface area contributed by atoms with Gasteiger partial charge in [0, 0.05) is 5.56 Å². The topological polar surface area (TPSA) is 63.3 Å². The van der Waals surface area contributed by atoms with Crippen molar-refractivity contribution in [2.24, 2.45) is 5.73 Å². The molecule has 0 aliphatic rings. The largest absolute Gasteiger partial charge is 0.507 e. The molecule has 1 atom stereocenters. The molecule has 0 bridgehead atoms. The van der Waals surface area contributed by atoms with Crippen LogP contribution in [-0.4, -0.2) is 16.9 Å². The van der Waals surface area contributed by atoms with Crippen LogP contribution in [0.3, 0.4) is 0 Å². The Balaban J connectivity index is 3.15. The van der Waals surface area contributed by atoms with E-state index in [1.165, 1.54) is 6.07 Å². The van der Waals surface area contributed by atoms with Crippen molar-refractivity contribution in [2.75, 3.05) is 0 Å². The van der Waals surface area contributed by atoms with E-state index >= 15 is 0 Å². The highest BCUT2D eigenvalue weighted by molar-refractivity contribution is 9.10. The molecule has 13 heavy (non-hydrogen) atoms. The second kappa shape index (κ2) is 3.89. The minimum atomic E-state index is -0.557. The maximum atomic E-state index is 11.5. The van der Waals surface area contributed by atoms with E-state index < -0.39 is 6.04 Å². The number of rotatable bonds is 2. The second-order valence-electron chi connectivity index (χ2n) is 2.79. The van der Waals surface area contributed by atoms with Crippen LogP contribution in [0.5, 0.6) is 5.75 Å². The molecule has 0 amide bonds. The van der Waals surface area contributed by atoms with E-state index in [-0.39, 0.29) is 11.5 Å². The number of carbonyl (C=O) groups excluding carboxylic acids is 1. The molecule has 0 radical (unpaired) electrons. The Morgan fingerprint density at radius 1 is 1.62 bits per heavy atom. The number of benzene rings is 1. The van der Waals surface area contributed by atoms with Crippen molar-refractivity contribution in [3.8, 4) is 5.75 Å². The van der Waals surface area contributed by atoms with Gasteiger partial charge in [-0.3, -0.25) is 4.79 Å². The summed E-state index contributed by atoms with van der Waals surface area (Å²) in [5.41, 5.74) is 5.85. The molecule has 0 aromatic heterocycles. The summed E-state index contributed by atoms with van der Waals surface area (Å²) in [6, 6.07) is 4.17. The molecule has 4 heteroatoms. The maximum absolute atomic E-state index is 11.5. The van der Waals surface area contributed by atoms with Crippen LogP contribution in [-0.2, 0) is 0 Å². The fourth-order valence-electron chi connectivity index (χ4n) is 0.955. The number of Topliss-reactive ketones (excluding diaryl/α,β-unsaturated/α-hetero) is 1. The SMILES string of the molecule is CC(N)C(=O)c1cccc(O)c1Br. The summed E-state index contributed by atoms with van der Waals surface area (Å²) in [5, 5.41) is 9.29. The van der Waals surface area contributed by atoms with Crippen molar-refractivity contribution < 1.29 is 9.90 Å². The molecule has 0 saturated heterocycles. The molecule has 70 valence electrons. The third-order valence-corrected chi connectivity index (χ3v) is 2.49. The number of ketones is 1. The van der Waals surface area contributed by atoms with Crippen LogP contribution in [0.25, 0.3) is 0 Å². The minimum Gasteiger partial charge on any atom is -0.507 e. The lowest BCUT2D eigenvalue weighted by atomic mass is 10.1. The van der Waals surface area contributed by atoms with E-state index in [0.29, 0.717) is 10.0 Å². The molecule has 0 fully saturated rings. The average Bonchev–Trinajstić information content (AvgIpc) is 2.08. The van der Waals surface area contributed by atoms with Crippen molar-refractivity contribution in [3.05, 3.63) is 28.2 Å². The standard InChI is InChI=1S/C9H10BrNO2/c1-5(11)9(13)6-3-2-4-7(12)8(6)10/h2-5,12H,11H2,1H3. The lowest BCUT2D eigenvalue weighted by Gasteiger charge is -2.07. The van der Waals surface area contributed by atoms with Crippen molar-refractivity contribution in [1.82, 2.24) is 0 Å². The molecule has 0 saturated carbocycles. The first kappa shape index (κ1) is 10.2. The van der Waals surface area contributed by atoms with Crippen molar-refractivity contribution >= 4 is 21.7 Å². The lowest BCUT2D eigenvalue weighted by molar-refractivity contribution is 0.0967. The van der Waals surface area contributed by atoms with E-state index in [1.54, 1.807) is 19.1 Å². The van der Waals surface area contributed by atoms with Gasteiger partial charge in [-0.25, -0.2) is 0 Å². The van der Waals surface area contributed by atoms with Gasteiger partial charge in [0.1, 0.15) is 5.75 Å². The molecule has 0 aliphatic carbocycles. The number of halogens is 1. The highest BCUT2D eigenvalue weighted by Gasteiger charge is 2.15. The third kappa shape index (κ3) is 2.08. The van der Waals surface area contributed by atoms with Crippen LogP contribution in [0, 0.1) is 0 Å². The summed E-state index contributed by atoms with van der Waals surface area (Å²) in [6.45, 7) is 1.61. The fraction of sp³-hybridized carbons (Fsp3) is 0.222. The molecule has 1 unspecified atom stereocenters. The molecule has 3 nitrogen and oxygen atoms in total. The summed E-state index contributed by atoms with van der Waals surface area (Å²) in [5.74, 6) is -0.144. The van der Waals surface area contributed by atoms with Crippen molar-refractivity contribution in [1.29, 1.82) is 0 Å². The van der Waals surface area contributed by atoms with Crippen molar-refractivity contribution in [2.45, 2.75) is 13.0 Å². The van der Waals surface area contributed by atoms with Crippen LogP contribution < -0.4 is 5.73 Å². The highest BCUT2D eigenvalue weighted by atomic mass is 79.9. The number of hydrogen-bond acceptors (Lipinski definition) is 3. The van der Waals surface area contributed by atoms with E-state index in [9.17, 15) is 9.90 Å². The van der Waals surface area contributed by atoms with Gasteiger partial charge in [-0.05, 0) is 35.0 Å². The fourth-order valence-corrected chi connectivity index (χ4v) is 1.42. The van der Waals surface area contributed by atoms with Gasteiger partial charge in [-0.1, -0.05) is 6.07 Å². The monoisotopic (exact) mass is 243 g/mol.